The molecule has 0 spiro atoms. The standard InChI is InChI=1S/C26H29N7O2.C21H24BrN5O2/c1-16-12-17(7-10-19(16)25(34)30-18-8-9-18)21-14-28-24-20(29-15-26(2,3)35)13-23(32-33(21)24)31-22-6-4-5-11-27-22;1-12-8-13(4-7-15(12)20(28)25-14-5-6-14)17-10-23-19-16(24-11-21(2,3)29)9-18(22)26-27(17)19/h4-7,10-14,18,29,35H,8-9,15H2,1-3H3,(H,30,34)(H,27,31,32);4,7-10,14,24,29H,5-6,11H2,1-3H3,(H,25,28). The maximum Gasteiger partial charge on any atom is 0.251 e. The third kappa shape index (κ3) is 10.8. The van der Waals surface area contributed by atoms with Crippen LogP contribution in [0.3, 0.4) is 0 Å². The van der Waals surface area contributed by atoms with Crippen LogP contribution in [0, 0.1) is 13.8 Å². The lowest BCUT2D eigenvalue weighted by atomic mass is 10.0. The van der Waals surface area contributed by atoms with Crippen LogP contribution in [0.1, 0.15) is 85.2 Å². The monoisotopic (exact) mass is 928 g/mol. The Labute approximate surface area is 379 Å². The second-order valence-corrected chi connectivity index (χ2v) is 18.6. The van der Waals surface area contributed by atoms with Crippen molar-refractivity contribution in [1.82, 2.24) is 44.8 Å². The van der Waals surface area contributed by atoms with Crippen molar-refractivity contribution in [1.29, 1.82) is 0 Å². The number of benzene rings is 2. The fourth-order valence-corrected chi connectivity index (χ4v) is 7.34. The highest BCUT2D eigenvalue weighted by Crippen LogP contribution is 2.31. The quantitative estimate of drug-likeness (QED) is 0.0568. The molecule has 2 aromatic carbocycles. The van der Waals surface area contributed by atoms with Crippen molar-refractivity contribution in [3.05, 3.63) is 112 Å². The van der Waals surface area contributed by atoms with E-state index in [-0.39, 0.29) is 11.8 Å². The molecule has 16 nitrogen and oxygen atoms in total. The maximum absolute atomic E-state index is 12.6. The summed E-state index contributed by atoms with van der Waals surface area (Å²) in [5, 5.41) is 45.4. The van der Waals surface area contributed by atoms with Crippen LogP contribution >= 0.6 is 15.9 Å². The number of hydrogen-bond donors (Lipinski definition) is 7. The van der Waals surface area contributed by atoms with Crippen LogP contribution in [0.4, 0.5) is 23.0 Å². The molecule has 332 valence electrons. The van der Waals surface area contributed by atoms with Crippen molar-refractivity contribution in [3.8, 4) is 22.5 Å². The molecule has 0 radical (unpaired) electrons. The third-order valence-corrected chi connectivity index (χ3v) is 11.0. The number of fused-ring (bicyclic) bond motifs is 2. The molecular formula is C47H53BrN12O4. The van der Waals surface area contributed by atoms with Gasteiger partial charge in [0.25, 0.3) is 11.8 Å². The average molecular weight is 930 g/mol. The average Bonchev–Trinajstić information content (AvgIpc) is 4.15. The van der Waals surface area contributed by atoms with E-state index in [1.807, 2.05) is 80.6 Å². The molecule has 5 aromatic heterocycles. The fourth-order valence-electron chi connectivity index (χ4n) is 6.95. The number of halogens is 1. The molecule has 2 aliphatic carbocycles. The summed E-state index contributed by atoms with van der Waals surface area (Å²) < 4.78 is 4.17. The van der Waals surface area contributed by atoms with Gasteiger partial charge in [0.15, 0.2) is 17.1 Å². The minimum absolute atomic E-state index is 0.0198. The Bertz CT molecular complexity index is 2840. The van der Waals surface area contributed by atoms with Crippen molar-refractivity contribution in [2.45, 2.75) is 90.5 Å². The molecule has 0 atom stereocenters. The molecule has 2 saturated carbocycles. The van der Waals surface area contributed by atoms with Gasteiger partial charge in [-0.25, -0.2) is 24.0 Å². The summed E-state index contributed by atoms with van der Waals surface area (Å²) in [5.74, 6) is 1.18. The van der Waals surface area contributed by atoms with E-state index in [1.165, 1.54) is 0 Å². The van der Waals surface area contributed by atoms with Crippen LogP contribution in [0.15, 0.2) is 89.9 Å². The lowest BCUT2D eigenvalue weighted by Gasteiger charge is -2.19. The van der Waals surface area contributed by atoms with Gasteiger partial charge >= 0.3 is 0 Å². The van der Waals surface area contributed by atoms with E-state index >= 15 is 0 Å². The van der Waals surface area contributed by atoms with Gasteiger partial charge in [0.1, 0.15) is 10.4 Å². The molecule has 0 bridgehead atoms. The molecule has 17 heteroatoms. The van der Waals surface area contributed by atoms with Crippen molar-refractivity contribution in [3.63, 3.8) is 0 Å². The summed E-state index contributed by atoms with van der Waals surface area (Å²) >= 11 is 3.45. The first-order valence-electron chi connectivity index (χ1n) is 21.4. The van der Waals surface area contributed by atoms with Gasteiger partial charge < -0.3 is 36.8 Å². The number of carbonyl (C=O) groups excluding carboxylic acids is 2. The van der Waals surface area contributed by atoms with E-state index in [1.54, 1.807) is 55.3 Å². The summed E-state index contributed by atoms with van der Waals surface area (Å²) in [4.78, 5) is 38.4. The Balaban J connectivity index is 0.000000178. The Hall–Kier alpha value is -6.43. The van der Waals surface area contributed by atoms with E-state index in [4.69, 9.17) is 5.10 Å². The number of nitrogens with zero attached hydrogens (tertiary/aromatic N) is 7. The molecule has 64 heavy (non-hydrogen) atoms. The first-order valence-corrected chi connectivity index (χ1v) is 22.1. The highest BCUT2D eigenvalue weighted by Gasteiger charge is 2.26. The summed E-state index contributed by atoms with van der Waals surface area (Å²) in [5.41, 5.74) is 7.64. The number of aliphatic hydroxyl groups is 2. The van der Waals surface area contributed by atoms with Crippen LogP contribution in [0.2, 0.25) is 0 Å². The highest BCUT2D eigenvalue weighted by atomic mass is 79.9. The van der Waals surface area contributed by atoms with Gasteiger partial charge in [-0.2, -0.15) is 5.10 Å². The normalized spacial score (nSPS) is 13.9. The number of hydrogen-bond acceptors (Lipinski definition) is 12. The lowest BCUT2D eigenvalue weighted by molar-refractivity contribution is 0.0939. The number of amides is 2. The Morgan fingerprint density at radius 2 is 1.17 bits per heavy atom. The number of pyridine rings is 1. The molecule has 2 fully saturated rings. The highest BCUT2D eigenvalue weighted by molar-refractivity contribution is 9.10. The van der Waals surface area contributed by atoms with Gasteiger partial charge in [0, 0.05) is 59.7 Å². The molecule has 2 aliphatic rings. The van der Waals surface area contributed by atoms with E-state index in [2.05, 4.69) is 62.6 Å². The Morgan fingerprint density at radius 3 is 1.62 bits per heavy atom. The van der Waals surface area contributed by atoms with Gasteiger partial charge in [-0.15, -0.1) is 5.10 Å². The first-order chi connectivity index (χ1) is 30.5. The number of nitrogens with one attached hydrogen (secondary N) is 5. The number of aryl methyl sites for hydroxylation is 2. The minimum atomic E-state index is -0.905. The zero-order valence-electron chi connectivity index (χ0n) is 36.7. The SMILES string of the molecule is Cc1cc(-c2cnc3c(NCC(C)(C)O)cc(Br)nn23)ccc1C(=O)NC1CC1.Cc1cc(-c2cnc3c(NCC(C)(C)O)cc(Nc4ccccn4)nn23)ccc1C(=O)NC1CC1. The second kappa shape index (κ2) is 18.0. The molecule has 5 heterocycles. The van der Waals surface area contributed by atoms with Gasteiger partial charge in [-0.3, -0.25) is 9.59 Å². The van der Waals surface area contributed by atoms with Gasteiger partial charge in [0.2, 0.25) is 0 Å². The second-order valence-electron chi connectivity index (χ2n) is 17.8. The van der Waals surface area contributed by atoms with Gasteiger partial charge in [-0.1, -0.05) is 18.2 Å². The molecule has 7 aromatic rings. The zero-order chi connectivity index (χ0) is 45.3. The van der Waals surface area contributed by atoms with E-state index < -0.39 is 11.2 Å². The zero-order valence-corrected chi connectivity index (χ0v) is 38.3. The van der Waals surface area contributed by atoms with Crippen LogP contribution < -0.4 is 26.6 Å². The smallest absolute Gasteiger partial charge is 0.251 e. The molecule has 2 amide bonds. The van der Waals surface area contributed by atoms with Gasteiger partial charge in [0.05, 0.1) is 46.4 Å². The van der Waals surface area contributed by atoms with Gasteiger partial charge in [-0.05, 0) is 137 Å². The van der Waals surface area contributed by atoms with Crippen LogP contribution in [0.25, 0.3) is 33.8 Å². The predicted octanol–water partition coefficient (Wildman–Crippen LogP) is 7.46. The summed E-state index contributed by atoms with van der Waals surface area (Å²) in [6, 6.07) is 21.5. The molecule has 0 saturated heterocycles. The lowest BCUT2D eigenvalue weighted by Crippen LogP contribution is -2.29. The molecular weight excluding hydrogens is 877 g/mol. The molecule has 0 unspecified atom stereocenters. The van der Waals surface area contributed by atoms with Crippen LogP contribution in [0.5, 0.6) is 0 Å². The number of anilines is 4. The number of rotatable bonds is 14. The number of imidazole rings is 2. The first kappa shape index (κ1) is 44.2. The number of aromatic nitrogens is 7. The number of carbonyl (C=O) groups is 2. The Morgan fingerprint density at radius 1 is 0.672 bits per heavy atom. The summed E-state index contributed by atoms with van der Waals surface area (Å²) in [6.45, 7) is 11.6. The topological polar surface area (TPSA) is 208 Å². The van der Waals surface area contributed by atoms with Crippen molar-refractivity contribution >= 4 is 62.0 Å². The van der Waals surface area contributed by atoms with E-state index in [9.17, 15) is 19.8 Å². The van der Waals surface area contributed by atoms with Crippen LogP contribution in [-0.4, -0.2) is 92.6 Å². The van der Waals surface area contributed by atoms with E-state index in [0.717, 1.165) is 70.7 Å². The largest absolute Gasteiger partial charge is 0.389 e. The molecule has 0 aliphatic heterocycles. The summed E-state index contributed by atoms with van der Waals surface area (Å²) in [6.07, 6.45) is 9.47. The van der Waals surface area contributed by atoms with E-state index in [0.29, 0.717) is 63.8 Å². The molecule has 9 rings (SSSR count). The minimum Gasteiger partial charge on any atom is -0.389 e. The summed E-state index contributed by atoms with van der Waals surface area (Å²) in [7, 11) is 0. The van der Waals surface area contributed by atoms with Crippen molar-refractivity contribution in [2.75, 3.05) is 29.0 Å². The Kier molecular flexibility index (Phi) is 12.4. The third-order valence-electron chi connectivity index (χ3n) is 10.6. The van der Waals surface area contributed by atoms with Crippen molar-refractivity contribution < 1.29 is 19.8 Å². The fraction of sp³-hybridized carbons (Fsp3) is 0.340. The predicted molar refractivity (Wildman–Crippen MR) is 252 cm³/mol. The maximum atomic E-state index is 12.6. The molecule has 7 N–H and O–H groups in total. The van der Waals surface area contributed by atoms with Crippen LogP contribution in [-0.2, 0) is 0 Å². The van der Waals surface area contributed by atoms with Crippen molar-refractivity contribution in [2.24, 2.45) is 0 Å².